The van der Waals surface area contributed by atoms with Gasteiger partial charge in [-0.15, -0.1) is 12.4 Å². The van der Waals surface area contributed by atoms with Gasteiger partial charge in [0.05, 0.1) is 19.6 Å². The zero-order valence-electron chi connectivity index (χ0n) is 15.1. The van der Waals surface area contributed by atoms with E-state index in [0.717, 1.165) is 37.1 Å². The molecule has 0 bridgehead atoms. The molecule has 2 rings (SSSR count). The summed E-state index contributed by atoms with van der Waals surface area (Å²) >= 11 is 0. The Morgan fingerprint density at radius 3 is 2.17 bits per heavy atom. The van der Waals surface area contributed by atoms with Crippen LogP contribution in [-0.4, -0.2) is 38.1 Å². The van der Waals surface area contributed by atoms with Gasteiger partial charge in [-0.05, 0) is 42.5 Å². The molecule has 1 heterocycles. The monoisotopic (exact) mass is 356 g/mol. The SMILES string of the molecule is CCC(CC)(CN)C(=O)N1CCc2cc(OC)c(OC)cc2C1.Cl. The van der Waals surface area contributed by atoms with E-state index in [-0.39, 0.29) is 18.3 Å². The Morgan fingerprint density at radius 2 is 1.71 bits per heavy atom. The van der Waals surface area contributed by atoms with Crippen molar-refractivity contribution in [2.24, 2.45) is 11.1 Å². The number of amides is 1. The zero-order valence-corrected chi connectivity index (χ0v) is 15.9. The molecule has 0 saturated carbocycles. The molecule has 136 valence electrons. The van der Waals surface area contributed by atoms with E-state index >= 15 is 0 Å². The lowest BCUT2D eigenvalue weighted by Crippen LogP contribution is -2.49. The van der Waals surface area contributed by atoms with Gasteiger partial charge in [-0.2, -0.15) is 0 Å². The highest BCUT2D eigenvalue weighted by molar-refractivity contribution is 5.85. The highest BCUT2D eigenvalue weighted by atomic mass is 35.5. The van der Waals surface area contributed by atoms with Gasteiger partial charge in [0.1, 0.15) is 0 Å². The quantitative estimate of drug-likeness (QED) is 0.851. The number of ether oxygens (including phenoxy) is 2. The van der Waals surface area contributed by atoms with Crippen molar-refractivity contribution in [3.05, 3.63) is 23.3 Å². The molecular formula is C18H29ClN2O3. The molecule has 0 saturated heterocycles. The Kier molecular flexibility index (Phi) is 7.36. The maximum Gasteiger partial charge on any atom is 0.230 e. The number of halogens is 1. The van der Waals surface area contributed by atoms with Crippen molar-refractivity contribution < 1.29 is 14.3 Å². The number of nitrogens with zero attached hydrogens (tertiary/aromatic N) is 1. The van der Waals surface area contributed by atoms with Gasteiger partial charge in [0, 0.05) is 19.6 Å². The Morgan fingerprint density at radius 1 is 1.17 bits per heavy atom. The number of benzene rings is 1. The highest BCUT2D eigenvalue weighted by Crippen LogP contribution is 2.35. The molecule has 1 aromatic rings. The first-order valence-corrected chi connectivity index (χ1v) is 8.28. The summed E-state index contributed by atoms with van der Waals surface area (Å²) in [5, 5.41) is 0. The zero-order chi connectivity index (χ0) is 17.0. The fourth-order valence-electron chi connectivity index (χ4n) is 3.32. The first kappa shape index (κ1) is 20.6. The standard InChI is InChI=1S/C18H28N2O3.ClH/c1-5-18(6-2,12-19)17(21)20-8-7-13-9-15(22-3)16(23-4)10-14(13)11-20;/h9-10H,5-8,11-12,19H2,1-4H3;1H. The van der Waals surface area contributed by atoms with Gasteiger partial charge in [-0.3, -0.25) is 4.79 Å². The Labute approximate surface area is 150 Å². The number of hydrogen-bond donors (Lipinski definition) is 1. The van der Waals surface area contributed by atoms with Crippen LogP contribution in [0, 0.1) is 5.41 Å². The number of rotatable bonds is 6. The molecule has 1 aliphatic rings. The van der Waals surface area contributed by atoms with E-state index < -0.39 is 5.41 Å². The van der Waals surface area contributed by atoms with Crippen molar-refractivity contribution in [2.75, 3.05) is 27.3 Å². The third kappa shape index (κ3) is 3.62. The van der Waals surface area contributed by atoms with Crippen molar-refractivity contribution in [2.45, 2.75) is 39.7 Å². The van der Waals surface area contributed by atoms with Crippen LogP contribution in [0.2, 0.25) is 0 Å². The molecule has 1 aromatic carbocycles. The second-order valence-corrected chi connectivity index (χ2v) is 6.14. The molecule has 0 unspecified atom stereocenters. The lowest BCUT2D eigenvalue weighted by molar-refractivity contribution is -0.143. The van der Waals surface area contributed by atoms with Gasteiger partial charge in [-0.25, -0.2) is 0 Å². The largest absolute Gasteiger partial charge is 0.493 e. The summed E-state index contributed by atoms with van der Waals surface area (Å²) in [7, 11) is 3.27. The summed E-state index contributed by atoms with van der Waals surface area (Å²) in [5.74, 6) is 1.62. The van der Waals surface area contributed by atoms with Crippen LogP contribution in [0.4, 0.5) is 0 Å². The van der Waals surface area contributed by atoms with Gasteiger partial charge in [0.2, 0.25) is 5.91 Å². The molecule has 0 aliphatic carbocycles. The summed E-state index contributed by atoms with van der Waals surface area (Å²) in [6.45, 7) is 5.81. The highest BCUT2D eigenvalue weighted by Gasteiger charge is 2.38. The van der Waals surface area contributed by atoms with Crippen LogP contribution < -0.4 is 15.2 Å². The minimum atomic E-state index is -0.436. The third-order valence-corrected chi connectivity index (χ3v) is 5.20. The summed E-state index contributed by atoms with van der Waals surface area (Å²) in [6.07, 6.45) is 2.37. The van der Waals surface area contributed by atoms with Crippen LogP contribution in [0.15, 0.2) is 12.1 Å². The normalized spacial score (nSPS) is 13.8. The number of nitrogens with two attached hydrogens (primary N) is 1. The molecule has 0 atom stereocenters. The van der Waals surface area contributed by atoms with E-state index in [0.29, 0.717) is 18.8 Å². The molecule has 1 amide bonds. The third-order valence-electron chi connectivity index (χ3n) is 5.20. The summed E-state index contributed by atoms with van der Waals surface area (Å²) < 4.78 is 10.7. The van der Waals surface area contributed by atoms with Gasteiger partial charge in [-0.1, -0.05) is 13.8 Å². The van der Waals surface area contributed by atoms with Crippen LogP contribution in [-0.2, 0) is 17.8 Å². The van der Waals surface area contributed by atoms with Crippen molar-refractivity contribution in [1.82, 2.24) is 4.90 Å². The average Bonchev–Trinajstić information content (AvgIpc) is 2.61. The lowest BCUT2D eigenvalue weighted by atomic mass is 9.80. The molecule has 0 radical (unpaired) electrons. The van der Waals surface area contributed by atoms with Crippen molar-refractivity contribution in [3.63, 3.8) is 0 Å². The van der Waals surface area contributed by atoms with Crippen molar-refractivity contribution >= 4 is 18.3 Å². The predicted octanol–water partition coefficient (Wildman–Crippen LogP) is 2.78. The van der Waals surface area contributed by atoms with E-state index in [9.17, 15) is 4.79 Å². The van der Waals surface area contributed by atoms with Gasteiger partial charge in [0.25, 0.3) is 0 Å². The number of carbonyl (C=O) groups excluding carboxylic acids is 1. The van der Waals surface area contributed by atoms with Crippen molar-refractivity contribution in [1.29, 1.82) is 0 Å². The van der Waals surface area contributed by atoms with E-state index in [1.54, 1.807) is 14.2 Å². The number of methoxy groups -OCH3 is 2. The number of fused-ring (bicyclic) bond motifs is 1. The fraction of sp³-hybridized carbons (Fsp3) is 0.611. The maximum atomic E-state index is 13.0. The van der Waals surface area contributed by atoms with E-state index in [4.69, 9.17) is 15.2 Å². The Balaban J connectivity index is 0.00000288. The first-order chi connectivity index (χ1) is 11.0. The van der Waals surface area contributed by atoms with Gasteiger partial charge >= 0.3 is 0 Å². The van der Waals surface area contributed by atoms with E-state index in [1.165, 1.54) is 5.56 Å². The number of hydrogen-bond acceptors (Lipinski definition) is 4. The van der Waals surface area contributed by atoms with E-state index in [1.807, 2.05) is 30.9 Å². The molecule has 24 heavy (non-hydrogen) atoms. The average molecular weight is 357 g/mol. The second-order valence-electron chi connectivity index (χ2n) is 6.14. The molecule has 2 N–H and O–H groups in total. The van der Waals surface area contributed by atoms with Gasteiger partial charge in [0.15, 0.2) is 11.5 Å². The lowest BCUT2D eigenvalue weighted by Gasteiger charge is -2.38. The van der Waals surface area contributed by atoms with Gasteiger partial charge < -0.3 is 20.1 Å². The molecule has 5 nitrogen and oxygen atoms in total. The van der Waals surface area contributed by atoms with E-state index in [2.05, 4.69) is 0 Å². The van der Waals surface area contributed by atoms with Crippen LogP contribution >= 0.6 is 12.4 Å². The van der Waals surface area contributed by atoms with Crippen LogP contribution in [0.3, 0.4) is 0 Å². The Hall–Kier alpha value is -1.46. The molecule has 0 fully saturated rings. The molecule has 1 aliphatic heterocycles. The summed E-state index contributed by atoms with van der Waals surface area (Å²) in [4.78, 5) is 14.9. The second kappa shape index (κ2) is 8.58. The number of carbonyl (C=O) groups is 1. The molecule has 6 heteroatoms. The minimum absolute atomic E-state index is 0. The first-order valence-electron chi connectivity index (χ1n) is 8.28. The van der Waals surface area contributed by atoms with Crippen LogP contribution in [0.25, 0.3) is 0 Å². The Bertz CT molecular complexity index is 565. The predicted molar refractivity (Wildman–Crippen MR) is 98.0 cm³/mol. The summed E-state index contributed by atoms with van der Waals surface area (Å²) in [5.41, 5.74) is 7.84. The van der Waals surface area contributed by atoms with Crippen LogP contribution in [0.1, 0.15) is 37.8 Å². The minimum Gasteiger partial charge on any atom is -0.493 e. The molecular weight excluding hydrogens is 328 g/mol. The smallest absolute Gasteiger partial charge is 0.230 e. The van der Waals surface area contributed by atoms with Crippen molar-refractivity contribution in [3.8, 4) is 11.5 Å². The summed E-state index contributed by atoms with van der Waals surface area (Å²) in [6, 6.07) is 4.00. The van der Waals surface area contributed by atoms with Crippen LogP contribution in [0.5, 0.6) is 11.5 Å². The fourth-order valence-corrected chi connectivity index (χ4v) is 3.32. The maximum absolute atomic E-state index is 13.0. The molecule has 0 spiro atoms. The molecule has 0 aromatic heterocycles. The topological polar surface area (TPSA) is 64.8 Å².